The summed E-state index contributed by atoms with van der Waals surface area (Å²) in [6.07, 6.45) is 2.84. The minimum absolute atomic E-state index is 0. The molecule has 60 valence electrons. The molecule has 0 amide bonds. The summed E-state index contributed by atoms with van der Waals surface area (Å²) in [5.74, 6) is -1.01. The van der Waals surface area contributed by atoms with E-state index in [0.29, 0.717) is 12.8 Å². The van der Waals surface area contributed by atoms with Crippen molar-refractivity contribution in [2.75, 3.05) is 6.67 Å². The van der Waals surface area contributed by atoms with Gasteiger partial charge in [-0.15, -0.1) is 0 Å². The Balaban J connectivity index is 0. The summed E-state index contributed by atoms with van der Waals surface area (Å²) in [7, 11) is 0. The molecule has 0 aromatic carbocycles. The number of unbranched alkanes of at least 4 members (excludes halogenated alkanes) is 3. The van der Waals surface area contributed by atoms with Crippen LogP contribution in [0.25, 0.3) is 0 Å². The van der Waals surface area contributed by atoms with Gasteiger partial charge in [0.1, 0.15) is 0 Å². The Hall–Kier alpha value is 0.400. The summed E-state index contributed by atoms with van der Waals surface area (Å²) >= 11 is 0. The van der Waals surface area contributed by atoms with Gasteiger partial charge in [0.2, 0.25) is 0 Å². The molecule has 11 heavy (non-hydrogen) atoms. The van der Waals surface area contributed by atoms with Crippen LogP contribution in [0.15, 0.2) is 0 Å². The molecule has 2 nitrogen and oxygen atoms in total. The van der Waals surface area contributed by atoms with Gasteiger partial charge in [-0.2, -0.15) is 0 Å². The molecule has 0 radical (unpaired) electrons. The van der Waals surface area contributed by atoms with Gasteiger partial charge in [0.25, 0.3) is 0 Å². The van der Waals surface area contributed by atoms with Crippen molar-refractivity contribution in [3.05, 3.63) is 0 Å². The second-order valence-corrected chi connectivity index (χ2v) is 2.23. The Morgan fingerprint density at radius 3 is 2.18 bits per heavy atom. The first kappa shape index (κ1) is 14.0. The molecule has 0 unspecified atom stereocenters. The third-order valence-corrected chi connectivity index (χ3v) is 1.26. The van der Waals surface area contributed by atoms with E-state index >= 15 is 0 Å². The van der Waals surface area contributed by atoms with Crippen LogP contribution in [-0.4, -0.2) is 12.6 Å². The van der Waals surface area contributed by atoms with Crippen molar-refractivity contribution in [3.8, 4) is 0 Å². The summed E-state index contributed by atoms with van der Waals surface area (Å²) in [6.45, 7) is -0.300. The number of hydrogen-bond acceptors (Lipinski definition) is 2. The Bertz CT molecular complexity index is 98.4. The predicted molar refractivity (Wildman–Crippen MR) is 34.1 cm³/mol. The Kier molecular flexibility index (Phi) is 13.2. The van der Waals surface area contributed by atoms with Crippen molar-refractivity contribution in [2.24, 2.45) is 0 Å². The van der Waals surface area contributed by atoms with Gasteiger partial charge in [0, 0.05) is 5.97 Å². The quantitative estimate of drug-likeness (QED) is 0.331. The molecule has 0 aliphatic rings. The normalized spacial score (nSPS) is 8.82. The molecule has 0 aromatic heterocycles. The van der Waals surface area contributed by atoms with Crippen LogP contribution in [0.1, 0.15) is 32.1 Å². The largest absolute Gasteiger partial charge is 1.00 e. The van der Waals surface area contributed by atoms with Gasteiger partial charge in [-0.1, -0.05) is 12.8 Å². The molecular weight excluding hydrogens is 158 g/mol. The number of rotatable bonds is 6. The molecule has 0 saturated heterocycles. The van der Waals surface area contributed by atoms with Crippen molar-refractivity contribution in [3.63, 3.8) is 0 Å². The number of carbonyl (C=O) groups is 1. The first-order valence-corrected chi connectivity index (χ1v) is 3.53. The van der Waals surface area contributed by atoms with E-state index in [1.54, 1.807) is 0 Å². The fourth-order valence-electron chi connectivity index (χ4n) is 0.717. The van der Waals surface area contributed by atoms with Gasteiger partial charge in [0.05, 0.1) is 6.67 Å². The smallest absolute Gasteiger partial charge is 0.550 e. The number of aliphatic carboxylic acids is 1. The predicted octanol–water partition coefficient (Wildman–Crippen LogP) is -2.34. The molecule has 0 atom stereocenters. The minimum Gasteiger partial charge on any atom is -0.550 e. The van der Waals surface area contributed by atoms with Crippen molar-refractivity contribution >= 4 is 5.97 Å². The van der Waals surface area contributed by atoms with Crippen LogP contribution in [-0.2, 0) is 4.79 Å². The van der Waals surface area contributed by atoms with Gasteiger partial charge < -0.3 is 9.90 Å². The molecule has 0 aliphatic heterocycles. The molecule has 0 spiro atoms. The summed E-state index contributed by atoms with van der Waals surface area (Å²) in [4.78, 5) is 9.85. The third-order valence-electron chi connectivity index (χ3n) is 1.26. The van der Waals surface area contributed by atoms with Crippen molar-refractivity contribution in [1.29, 1.82) is 0 Å². The molecular formula is C7H12FNaO2. The monoisotopic (exact) mass is 170 g/mol. The Morgan fingerprint density at radius 2 is 1.73 bits per heavy atom. The van der Waals surface area contributed by atoms with Crippen LogP contribution in [0.2, 0.25) is 0 Å². The molecule has 0 aromatic rings. The van der Waals surface area contributed by atoms with Crippen LogP contribution in [0.3, 0.4) is 0 Å². The number of carboxylic acids is 1. The van der Waals surface area contributed by atoms with E-state index in [1.807, 2.05) is 0 Å². The van der Waals surface area contributed by atoms with E-state index in [1.165, 1.54) is 0 Å². The van der Waals surface area contributed by atoms with Crippen LogP contribution >= 0.6 is 0 Å². The van der Waals surface area contributed by atoms with E-state index in [2.05, 4.69) is 0 Å². The Labute approximate surface area is 88.5 Å². The molecule has 0 aliphatic carbocycles. The Morgan fingerprint density at radius 1 is 1.18 bits per heavy atom. The van der Waals surface area contributed by atoms with Crippen LogP contribution in [0.4, 0.5) is 4.39 Å². The van der Waals surface area contributed by atoms with Crippen LogP contribution in [0.5, 0.6) is 0 Å². The average molecular weight is 170 g/mol. The first-order chi connectivity index (χ1) is 4.77. The van der Waals surface area contributed by atoms with E-state index in [-0.39, 0.29) is 42.7 Å². The molecule has 0 bridgehead atoms. The van der Waals surface area contributed by atoms with E-state index in [0.717, 1.165) is 12.8 Å². The number of alkyl halides is 1. The average Bonchev–Trinajstić information content (AvgIpc) is 1.87. The zero-order valence-corrected chi connectivity index (χ0v) is 8.94. The van der Waals surface area contributed by atoms with Gasteiger partial charge in [0.15, 0.2) is 0 Å². The summed E-state index contributed by atoms with van der Waals surface area (Å²) in [5, 5.41) is 9.85. The maximum absolute atomic E-state index is 11.5. The molecule has 0 heterocycles. The van der Waals surface area contributed by atoms with E-state index in [9.17, 15) is 14.3 Å². The molecule has 4 heteroatoms. The maximum Gasteiger partial charge on any atom is 1.00 e. The second kappa shape index (κ2) is 10.4. The topological polar surface area (TPSA) is 40.1 Å². The zero-order valence-electron chi connectivity index (χ0n) is 6.94. The maximum atomic E-state index is 11.5. The molecule has 0 fully saturated rings. The van der Waals surface area contributed by atoms with Crippen LogP contribution in [0, 0.1) is 0 Å². The third kappa shape index (κ3) is 13.4. The van der Waals surface area contributed by atoms with Gasteiger partial charge in [-0.25, -0.2) is 0 Å². The van der Waals surface area contributed by atoms with Crippen molar-refractivity contribution in [1.82, 2.24) is 0 Å². The molecule has 0 rings (SSSR count). The van der Waals surface area contributed by atoms with E-state index in [4.69, 9.17) is 0 Å². The van der Waals surface area contributed by atoms with Crippen molar-refractivity contribution < 1.29 is 43.8 Å². The minimum atomic E-state index is -1.01. The molecule has 0 saturated carbocycles. The standard InChI is InChI=1S/C7H13FO2.Na/c8-6-4-2-1-3-5-7(9)10;/h1-6H2,(H,9,10);/q;+1/p-1. The second-order valence-electron chi connectivity index (χ2n) is 2.23. The number of halogens is 1. The number of carbonyl (C=O) groups excluding carboxylic acids is 1. The SMILES string of the molecule is O=C([O-])CCCCCCF.[Na+]. The fraction of sp³-hybridized carbons (Fsp3) is 0.857. The fourth-order valence-corrected chi connectivity index (χ4v) is 0.717. The summed E-state index contributed by atoms with van der Waals surface area (Å²) < 4.78 is 11.5. The van der Waals surface area contributed by atoms with Gasteiger partial charge in [-0.3, -0.25) is 4.39 Å². The van der Waals surface area contributed by atoms with E-state index < -0.39 is 5.97 Å². The van der Waals surface area contributed by atoms with Crippen LogP contribution < -0.4 is 34.7 Å². The van der Waals surface area contributed by atoms with Crippen molar-refractivity contribution in [2.45, 2.75) is 32.1 Å². The zero-order chi connectivity index (χ0) is 7.82. The molecule has 0 N–H and O–H groups in total. The first-order valence-electron chi connectivity index (χ1n) is 3.53. The number of hydrogen-bond donors (Lipinski definition) is 0. The van der Waals surface area contributed by atoms with Gasteiger partial charge >= 0.3 is 29.6 Å². The summed E-state index contributed by atoms with van der Waals surface area (Å²) in [6, 6.07) is 0. The number of carboxylic acid groups (broad SMARTS) is 1. The summed E-state index contributed by atoms with van der Waals surface area (Å²) in [5.41, 5.74) is 0. The van der Waals surface area contributed by atoms with Gasteiger partial charge in [-0.05, 0) is 19.3 Å².